The molecule has 3 atom stereocenters. The molecule has 1 amide bonds. The molecule has 20 heavy (non-hydrogen) atoms. The number of hydrogen-bond acceptors (Lipinski definition) is 2. The maximum absolute atomic E-state index is 13.1. The van der Waals surface area contributed by atoms with E-state index in [9.17, 15) is 14.0 Å². The largest absolute Gasteiger partial charge is 0.481 e. The Morgan fingerprint density at radius 3 is 2.50 bits per heavy atom. The zero-order valence-electron chi connectivity index (χ0n) is 11.9. The third-order valence-corrected chi connectivity index (χ3v) is 3.44. The van der Waals surface area contributed by atoms with E-state index in [1.54, 1.807) is 26.0 Å². The normalized spacial score (nSPS) is 15.2. The van der Waals surface area contributed by atoms with Gasteiger partial charge in [0.25, 0.3) is 0 Å². The Morgan fingerprint density at radius 1 is 1.30 bits per heavy atom. The molecule has 0 heterocycles. The van der Waals surface area contributed by atoms with Crippen molar-refractivity contribution >= 4 is 11.9 Å². The number of carbonyl (C=O) groups is 2. The molecule has 3 unspecified atom stereocenters. The predicted molar refractivity (Wildman–Crippen MR) is 73.8 cm³/mol. The Kier molecular flexibility index (Phi) is 5.67. The second-order valence-corrected chi connectivity index (χ2v) is 5.14. The fourth-order valence-corrected chi connectivity index (χ4v) is 1.86. The summed E-state index contributed by atoms with van der Waals surface area (Å²) in [5.74, 6) is -2.29. The summed E-state index contributed by atoms with van der Waals surface area (Å²) < 4.78 is 13.1. The molecule has 0 fully saturated rings. The number of carboxylic acid groups (broad SMARTS) is 1. The Labute approximate surface area is 118 Å². The lowest BCUT2D eigenvalue weighted by atomic mass is 9.96. The van der Waals surface area contributed by atoms with Gasteiger partial charge in [0.2, 0.25) is 5.91 Å². The number of hydrogen-bond donors (Lipinski definition) is 2. The van der Waals surface area contributed by atoms with Crippen molar-refractivity contribution in [3.63, 3.8) is 0 Å². The predicted octanol–water partition coefficient (Wildman–Crippen LogP) is 2.54. The molecule has 0 aliphatic rings. The third-order valence-electron chi connectivity index (χ3n) is 3.44. The summed E-state index contributed by atoms with van der Waals surface area (Å²) in [5.41, 5.74) is 0.749. The number of benzene rings is 1. The molecule has 0 radical (unpaired) electrons. The van der Waals surface area contributed by atoms with Crippen LogP contribution in [0.2, 0.25) is 0 Å². The van der Waals surface area contributed by atoms with E-state index in [-0.39, 0.29) is 24.1 Å². The van der Waals surface area contributed by atoms with Gasteiger partial charge in [0, 0.05) is 12.5 Å². The van der Waals surface area contributed by atoms with Crippen LogP contribution in [0.3, 0.4) is 0 Å². The lowest BCUT2D eigenvalue weighted by Gasteiger charge is -2.19. The van der Waals surface area contributed by atoms with Crippen LogP contribution in [0.25, 0.3) is 0 Å². The maximum atomic E-state index is 13.1. The molecule has 1 aromatic rings. The fourth-order valence-electron chi connectivity index (χ4n) is 1.86. The van der Waals surface area contributed by atoms with Crippen LogP contribution in [0, 0.1) is 11.7 Å². The molecule has 0 aliphatic carbocycles. The van der Waals surface area contributed by atoms with Crippen molar-refractivity contribution in [1.82, 2.24) is 5.32 Å². The van der Waals surface area contributed by atoms with Gasteiger partial charge < -0.3 is 10.4 Å². The Hall–Kier alpha value is -1.91. The van der Waals surface area contributed by atoms with Crippen LogP contribution in [0.15, 0.2) is 24.3 Å². The molecule has 5 heteroatoms. The van der Waals surface area contributed by atoms with Gasteiger partial charge in [-0.1, -0.05) is 19.1 Å². The highest BCUT2D eigenvalue weighted by Gasteiger charge is 2.21. The molecule has 110 valence electrons. The zero-order valence-corrected chi connectivity index (χ0v) is 11.9. The third kappa shape index (κ3) is 4.64. The SMILES string of the molecule is CC(CC(=O)NC(C)C(C)C(=O)O)c1cccc(F)c1. The van der Waals surface area contributed by atoms with Gasteiger partial charge in [-0.3, -0.25) is 9.59 Å². The molecule has 1 aromatic carbocycles. The topological polar surface area (TPSA) is 66.4 Å². The highest BCUT2D eigenvalue weighted by Crippen LogP contribution is 2.19. The number of nitrogens with one attached hydrogen (secondary N) is 1. The van der Waals surface area contributed by atoms with Crippen molar-refractivity contribution in [1.29, 1.82) is 0 Å². The van der Waals surface area contributed by atoms with Gasteiger partial charge in [-0.2, -0.15) is 0 Å². The zero-order chi connectivity index (χ0) is 15.3. The molecule has 0 aliphatic heterocycles. The van der Waals surface area contributed by atoms with Crippen molar-refractivity contribution < 1.29 is 19.1 Å². The van der Waals surface area contributed by atoms with Crippen molar-refractivity contribution in [2.24, 2.45) is 5.92 Å². The molecular weight excluding hydrogens is 261 g/mol. The number of halogens is 1. The molecule has 2 N–H and O–H groups in total. The number of rotatable bonds is 6. The Morgan fingerprint density at radius 2 is 1.95 bits per heavy atom. The van der Waals surface area contributed by atoms with Gasteiger partial charge >= 0.3 is 5.97 Å². The summed E-state index contributed by atoms with van der Waals surface area (Å²) in [4.78, 5) is 22.7. The van der Waals surface area contributed by atoms with Crippen LogP contribution in [0.5, 0.6) is 0 Å². The summed E-state index contributed by atoms with van der Waals surface area (Å²) in [5, 5.41) is 11.5. The van der Waals surface area contributed by atoms with Crippen molar-refractivity contribution in [2.75, 3.05) is 0 Å². The average molecular weight is 281 g/mol. The molecule has 0 saturated carbocycles. The van der Waals surface area contributed by atoms with Crippen molar-refractivity contribution in [2.45, 2.75) is 39.2 Å². The molecule has 0 saturated heterocycles. The van der Waals surface area contributed by atoms with Crippen LogP contribution in [0.1, 0.15) is 38.7 Å². The van der Waals surface area contributed by atoms with E-state index in [0.717, 1.165) is 5.56 Å². The summed E-state index contributed by atoms with van der Waals surface area (Å²) in [6.45, 7) is 5.03. The molecule has 4 nitrogen and oxygen atoms in total. The maximum Gasteiger partial charge on any atom is 0.308 e. The minimum Gasteiger partial charge on any atom is -0.481 e. The highest BCUT2D eigenvalue weighted by molar-refractivity contribution is 5.78. The van der Waals surface area contributed by atoms with Crippen molar-refractivity contribution in [3.8, 4) is 0 Å². The van der Waals surface area contributed by atoms with Gasteiger partial charge in [-0.25, -0.2) is 4.39 Å². The highest BCUT2D eigenvalue weighted by atomic mass is 19.1. The summed E-state index contributed by atoms with van der Waals surface area (Å²) in [7, 11) is 0. The monoisotopic (exact) mass is 281 g/mol. The van der Waals surface area contributed by atoms with Crippen LogP contribution in [-0.2, 0) is 9.59 Å². The minimum absolute atomic E-state index is 0.127. The summed E-state index contributed by atoms with van der Waals surface area (Å²) in [6, 6.07) is 5.69. The van der Waals surface area contributed by atoms with Gasteiger partial charge in [0.1, 0.15) is 5.82 Å². The van der Waals surface area contributed by atoms with E-state index in [1.165, 1.54) is 12.1 Å². The Balaban J connectivity index is 2.56. The van der Waals surface area contributed by atoms with Gasteiger partial charge in [0.05, 0.1) is 5.92 Å². The molecule has 0 aromatic heterocycles. The van der Waals surface area contributed by atoms with Gasteiger partial charge in [-0.15, -0.1) is 0 Å². The quantitative estimate of drug-likeness (QED) is 0.842. The first kappa shape index (κ1) is 16.1. The van der Waals surface area contributed by atoms with Crippen LogP contribution in [-0.4, -0.2) is 23.0 Å². The van der Waals surface area contributed by atoms with E-state index < -0.39 is 17.9 Å². The molecule has 0 spiro atoms. The second-order valence-electron chi connectivity index (χ2n) is 5.14. The van der Waals surface area contributed by atoms with Crippen LogP contribution >= 0.6 is 0 Å². The standard InChI is InChI=1S/C15H20FNO3/c1-9(12-5-4-6-13(16)8-12)7-14(18)17-11(3)10(2)15(19)20/h4-6,8-11H,7H2,1-3H3,(H,17,18)(H,19,20). The lowest BCUT2D eigenvalue weighted by Crippen LogP contribution is -2.40. The smallest absolute Gasteiger partial charge is 0.308 e. The first-order valence-corrected chi connectivity index (χ1v) is 6.59. The number of aliphatic carboxylic acids is 1. The Bertz CT molecular complexity index is 490. The lowest BCUT2D eigenvalue weighted by molar-refractivity contribution is -0.142. The molecular formula is C15H20FNO3. The number of amides is 1. The summed E-state index contributed by atoms with van der Waals surface area (Å²) >= 11 is 0. The van der Waals surface area contributed by atoms with E-state index in [4.69, 9.17) is 5.11 Å². The van der Waals surface area contributed by atoms with Gasteiger partial charge in [-0.05, 0) is 37.5 Å². The number of carbonyl (C=O) groups excluding carboxylic acids is 1. The van der Waals surface area contributed by atoms with E-state index in [0.29, 0.717) is 0 Å². The number of carboxylic acids is 1. The van der Waals surface area contributed by atoms with E-state index in [2.05, 4.69) is 5.32 Å². The van der Waals surface area contributed by atoms with Crippen LogP contribution in [0.4, 0.5) is 4.39 Å². The van der Waals surface area contributed by atoms with E-state index >= 15 is 0 Å². The van der Waals surface area contributed by atoms with Crippen LogP contribution < -0.4 is 5.32 Å². The second kappa shape index (κ2) is 7.03. The average Bonchev–Trinajstić information content (AvgIpc) is 2.37. The first-order chi connectivity index (χ1) is 9.31. The first-order valence-electron chi connectivity index (χ1n) is 6.59. The minimum atomic E-state index is -0.948. The summed E-state index contributed by atoms with van der Waals surface area (Å²) in [6.07, 6.45) is 0.195. The fraction of sp³-hybridized carbons (Fsp3) is 0.467. The molecule has 0 bridgehead atoms. The molecule has 1 rings (SSSR count). The van der Waals surface area contributed by atoms with E-state index in [1.807, 2.05) is 6.92 Å². The van der Waals surface area contributed by atoms with Crippen molar-refractivity contribution in [3.05, 3.63) is 35.6 Å². The van der Waals surface area contributed by atoms with Gasteiger partial charge in [0.15, 0.2) is 0 Å².